The van der Waals surface area contributed by atoms with Crippen LogP contribution in [0.3, 0.4) is 0 Å². The Labute approximate surface area is 107 Å². The number of rotatable bonds is 3. The highest BCUT2D eigenvalue weighted by molar-refractivity contribution is 5.94. The lowest BCUT2D eigenvalue weighted by molar-refractivity contribution is 0.0955. The quantitative estimate of drug-likeness (QED) is 0.492. The lowest BCUT2D eigenvalue weighted by Gasteiger charge is -2.11. The minimum absolute atomic E-state index is 0.148. The first kappa shape index (κ1) is 11.2. The lowest BCUT2D eigenvalue weighted by atomic mass is 9.95. The smallest absolute Gasteiger partial charge is 0.267 e. The maximum atomic E-state index is 11.7. The predicted octanol–water partition coefficient (Wildman–Crippen LogP) is 2.61. The number of hydrazone groups is 1. The highest BCUT2D eigenvalue weighted by Crippen LogP contribution is 2.42. The van der Waals surface area contributed by atoms with E-state index < -0.39 is 0 Å². The molecule has 0 aliphatic heterocycles. The number of fused-ring (bicyclic) bond motifs is 2. The molecule has 0 aromatic heterocycles. The summed E-state index contributed by atoms with van der Waals surface area (Å²) in [6.07, 6.45) is 8.91. The monoisotopic (exact) mass is 240 g/mol. The molecule has 3 heteroatoms. The fourth-order valence-electron chi connectivity index (χ4n) is 2.84. The zero-order valence-corrected chi connectivity index (χ0v) is 10.1. The second-order valence-electron chi connectivity index (χ2n) is 5.03. The third-order valence-corrected chi connectivity index (χ3v) is 3.80. The van der Waals surface area contributed by atoms with Crippen molar-refractivity contribution in [2.75, 3.05) is 0 Å². The molecule has 1 amide bonds. The number of benzene rings is 1. The summed E-state index contributed by atoms with van der Waals surface area (Å²) >= 11 is 0. The van der Waals surface area contributed by atoms with Gasteiger partial charge in [-0.1, -0.05) is 30.4 Å². The molecule has 1 saturated carbocycles. The van der Waals surface area contributed by atoms with Crippen LogP contribution in [0.4, 0.5) is 0 Å². The first-order chi connectivity index (χ1) is 8.83. The summed E-state index contributed by atoms with van der Waals surface area (Å²) < 4.78 is 0. The molecule has 2 bridgehead atoms. The van der Waals surface area contributed by atoms with Crippen LogP contribution < -0.4 is 5.43 Å². The topological polar surface area (TPSA) is 41.5 Å². The number of hydrogen-bond acceptors (Lipinski definition) is 2. The fourth-order valence-corrected chi connectivity index (χ4v) is 2.84. The number of nitrogens with zero attached hydrogens (tertiary/aromatic N) is 1. The Morgan fingerprint density at radius 3 is 2.72 bits per heavy atom. The van der Waals surface area contributed by atoms with E-state index in [-0.39, 0.29) is 5.91 Å². The molecule has 1 aromatic rings. The van der Waals surface area contributed by atoms with E-state index in [1.54, 1.807) is 12.1 Å². The molecule has 18 heavy (non-hydrogen) atoms. The Morgan fingerprint density at radius 1 is 1.22 bits per heavy atom. The minimum Gasteiger partial charge on any atom is -0.267 e. The molecule has 3 unspecified atom stereocenters. The third kappa shape index (κ3) is 2.21. The van der Waals surface area contributed by atoms with E-state index >= 15 is 0 Å². The normalized spacial score (nSPS) is 29.0. The van der Waals surface area contributed by atoms with Gasteiger partial charge in [0.05, 0.1) is 0 Å². The van der Waals surface area contributed by atoms with Crippen LogP contribution in [0.15, 0.2) is 47.6 Å². The maximum absolute atomic E-state index is 11.7. The Bertz CT molecular complexity index is 492. The highest BCUT2D eigenvalue weighted by atomic mass is 16.2. The van der Waals surface area contributed by atoms with Crippen LogP contribution in [0.1, 0.15) is 23.2 Å². The van der Waals surface area contributed by atoms with Gasteiger partial charge in [0.2, 0.25) is 0 Å². The van der Waals surface area contributed by atoms with Gasteiger partial charge in [-0.3, -0.25) is 4.79 Å². The van der Waals surface area contributed by atoms with Crippen LogP contribution in [0, 0.1) is 17.8 Å². The van der Waals surface area contributed by atoms with Crippen LogP contribution in [-0.4, -0.2) is 12.1 Å². The number of amides is 1. The number of hydrogen-bond donors (Lipinski definition) is 1. The average molecular weight is 240 g/mol. The number of carbonyl (C=O) groups is 1. The molecule has 2 aliphatic rings. The van der Waals surface area contributed by atoms with Gasteiger partial charge in [-0.25, -0.2) is 5.43 Å². The molecular weight excluding hydrogens is 224 g/mol. The average Bonchev–Trinajstić information content (AvgIpc) is 3.02. The first-order valence-electron chi connectivity index (χ1n) is 6.40. The Kier molecular flexibility index (Phi) is 2.97. The van der Waals surface area contributed by atoms with E-state index in [2.05, 4.69) is 22.7 Å². The van der Waals surface area contributed by atoms with Gasteiger partial charge in [-0.15, -0.1) is 0 Å². The fraction of sp³-hybridized carbons (Fsp3) is 0.333. The van der Waals surface area contributed by atoms with E-state index in [0.29, 0.717) is 17.4 Å². The molecule has 3 rings (SSSR count). The van der Waals surface area contributed by atoms with E-state index in [1.807, 2.05) is 24.4 Å². The van der Waals surface area contributed by atoms with Gasteiger partial charge in [0.1, 0.15) is 0 Å². The van der Waals surface area contributed by atoms with Gasteiger partial charge in [0.25, 0.3) is 5.91 Å². The van der Waals surface area contributed by atoms with E-state index in [0.717, 1.165) is 5.92 Å². The van der Waals surface area contributed by atoms with Gasteiger partial charge in [0, 0.05) is 17.7 Å². The van der Waals surface area contributed by atoms with Gasteiger partial charge < -0.3 is 0 Å². The molecule has 3 atom stereocenters. The summed E-state index contributed by atoms with van der Waals surface area (Å²) in [6.45, 7) is 0. The van der Waals surface area contributed by atoms with Gasteiger partial charge in [-0.05, 0) is 36.8 Å². The summed E-state index contributed by atoms with van der Waals surface area (Å²) in [6, 6.07) is 9.15. The lowest BCUT2D eigenvalue weighted by Crippen LogP contribution is -2.19. The van der Waals surface area contributed by atoms with Gasteiger partial charge in [0.15, 0.2) is 0 Å². The van der Waals surface area contributed by atoms with Crippen molar-refractivity contribution in [3.8, 4) is 0 Å². The summed E-state index contributed by atoms with van der Waals surface area (Å²) in [5.74, 6) is 1.71. The van der Waals surface area contributed by atoms with Crippen LogP contribution in [-0.2, 0) is 0 Å². The van der Waals surface area contributed by atoms with Crippen LogP contribution >= 0.6 is 0 Å². The van der Waals surface area contributed by atoms with Gasteiger partial charge in [-0.2, -0.15) is 5.10 Å². The highest BCUT2D eigenvalue weighted by Gasteiger charge is 2.34. The van der Waals surface area contributed by atoms with Crippen molar-refractivity contribution >= 4 is 12.1 Å². The standard InChI is InChI=1S/C15H16N2O/c18-15(12-4-2-1-3-5-12)17-16-10-14-9-11-6-7-13(14)8-11/h1-7,10-11,13-14H,8-9H2,(H,17,18)/b16-10+. The third-order valence-electron chi connectivity index (χ3n) is 3.80. The number of carbonyl (C=O) groups excluding carboxylic acids is 1. The Morgan fingerprint density at radius 2 is 2.06 bits per heavy atom. The Balaban J connectivity index is 1.55. The zero-order chi connectivity index (χ0) is 12.4. The zero-order valence-electron chi connectivity index (χ0n) is 10.1. The van der Waals surface area contributed by atoms with E-state index in [9.17, 15) is 4.79 Å². The molecule has 0 saturated heterocycles. The SMILES string of the molecule is O=C(N/N=C/C1CC2C=CC1C2)c1ccccc1. The maximum Gasteiger partial charge on any atom is 0.271 e. The van der Waals surface area contributed by atoms with Gasteiger partial charge >= 0.3 is 0 Å². The van der Waals surface area contributed by atoms with Crippen LogP contribution in [0.5, 0.6) is 0 Å². The second-order valence-corrected chi connectivity index (χ2v) is 5.03. The van der Waals surface area contributed by atoms with Crippen molar-refractivity contribution in [1.82, 2.24) is 5.43 Å². The molecule has 1 fully saturated rings. The molecule has 0 radical (unpaired) electrons. The summed E-state index contributed by atoms with van der Waals surface area (Å²) in [4.78, 5) is 11.7. The summed E-state index contributed by atoms with van der Waals surface area (Å²) in [7, 11) is 0. The van der Waals surface area contributed by atoms with E-state index in [1.165, 1.54) is 12.8 Å². The van der Waals surface area contributed by atoms with Crippen molar-refractivity contribution in [2.24, 2.45) is 22.9 Å². The van der Waals surface area contributed by atoms with Crippen LogP contribution in [0.2, 0.25) is 0 Å². The minimum atomic E-state index is -0.148. The second kappa shape index (κ2) is 4.77. The van der Waals surface area contributed by atoms with Crippen molar-refractivity contribution in [3.63, 3.8) is 0 Å². The molecule has 0 heterocycles. The molecular formula is C15H16N2O. The molecule has 1 aromatic carbocycles. The molecule has 2 aliphatic carbocycles. The van der Waals surface area contributed by atoms with Crippen molar-refractivity contribution in [2.45, 2.75) is 12.8 Å². The molecule has 92 valence electrons. The van der Waals surface area contributed by atoms with Crippen molar-refractivity contribution in [1.29, 1.82) is 0 Å². The van der Waals surface area contributed by atoms with E-state index in [4.69, 9.17) is 0 Å². The molecule has 3 nitrogen and oxygen atoms in total. The largest absolute Gasteiger partial charge is 0.271 e. The van der Waals surface area contributed by atoms with Crippen LogP contribution in [0.25, 0.3) is 0 Å². The molecule has 0 spiro atoms. The van der Waals surface area contributed by atoms with Crippen molar-refractivity contribution in [3.05, 3.63) is 48.0 Å². The summed E-state index contributed by atoms with van der Waals surface area (Å²) in [5, 5.41) is 4.09. The summed E-state index contributed by atoms with van der Waals surface area (Å²) in [5.41, 5.74) is 3.23. The number of allylic oxidation sites excluding steroid dienone is 2. The first-order valence-corrected chi connectivity index (χ1v) is 6.40. The predicted molar refractivity (Wildman–Crippen MR) is 71.2 cm³/mol. The molecule has 1 N–H and O–H groups in total. The van der Waals surface area contributed by atoms with Crippen molar-refractivity contribution < 1.29 is 4.79 Å². The Hall–Kier alpha value is -1.90. The number of nitrogens with one attached hydrogen (secondary N) is 1.